The maximum atomic E-state index is 14.5. The van der Waals surface area contributed by atoms with Gasteiger partial charge in [0.05, 0.1) is 11.4 Å². The van der Waals surface area contributed by atoms with Crippen LogP contribution in [-0.2, 0) is 19.8 Å². The highest BCUT2D eigenvalue weighted by Gasteiger charge is 2.72. The van der Waals surface area contributed by atoms with Crippen LogP contribution in [0, 0.1) is 0 Å². The van der Waals surface area contributed by atoms with Crippen molar-refractivity contribution in [3.8, 4) is 0 Å². The molecule has 4 aromatic rings. The quantitative estimate of drug-likeness (QED) is 0.411. The predicted octanol–water partition coefficient (Wildman–Crippen LogP) is 5.06. The van der Waals surface area contributed by atoms with E-state index in [-0.39, 0.29) is 11.8 Å². The molecule has 6 rings (SSSR count). The number of hydroxylamine groups is 1. The van der Waals surface area contributed by atoms with Crippen molar-refractivity contribution in [3.05, 3.63) is 132 Å². The van der Waals surface area contributed by atoms with Gasteiger partial charge in [-0.1, -0.05) is 97.1 Å². The van der Waals surface area contributed by atoms with Crippen LogP contribution in [0.4, 0.5) is 11.4 Å². The van der Waals surface area contributed by atoms with E-state index >= 15 is 0 Å². The lowest BCUT2D eigenvalue weighted by Crippen LogP contribution is -2.46. The molecule has 34 heavy (non-hydrogen) atoms. The van der Waals surface area contributed by atoms with Gasteiger partial charge in [0, 0.05) is 0 Å². The average Bonchev–Trinajstić information content (AvgIpc) is 3.37. The molecule has 0 unspecified atom stereocenters. The van der Waals surface area contributed by atoms with E-state index in [1.807, 2.05) is 109 Å². The molecular weight excluding hydrogens is 424 g/mol. The van der Waals surface area contributed by atoms with E-state index in [1.54, 1.807) is 17.2 Å². The second-order valence-electron chi connectivity index (χ2n) is 8.51. The molecule has 0 aliphatic carbocycles. The second-order valence-corrected chi connectivity index (χ2v) is 8.51. The van der Waals surface area contributed by atoms with E-state index in [1.165, 1.54) is 4.90 Å². The van der Waals surface area contributed by atoms with Crippen molar-refractivity contribution in [2.45, 2.75) is 17.6 Å². The van der Waals surface area contributed by atoms with E-state index in [9.17, 15) is 9.59 Å². The van der Waals surface area contributed by atoms with Crippen molar-refractivity contribution in [1.82, 2.24) is 0 Å². The van der Waals surface area contributed by atoms with Gasteiger partial charge < -0.3 is 0 Å². The summed E-state index contributed by atoms with van der Waals surface area (Å²) in [5, 5.41) is 1.74. The number of hydrogen-bond donors (Lipinski definition) is 0. The van der Waals surface area contributed by atoms with E-state index in [2.05, 4.69) is 0 Å². The summed E-state index contributed by atoms with van der Waals surface area (Å²) in [6.45, 7) is 0. The van der Waals surface area contributed by atoms with Crippen LogP contribution in [0.1, 0.15) is 17.2 Å². The van der Waals surface area contributed by atoms with Gasteiger partial charge in [-0.25, -0.2) is 9.96 Å². The van der Waals surface area contributed by atoms with E-state index in [0.29, 0.717) is 5.69 Å². The summed E-state index contributed by atoms with van der Waals surface area (Å²) >= 11 is 0. The number of fused-ring (bicyclic) bond motifs is 1. The molecule has 4 aromatic carbocycles. The Morgan fingerprint density at radius 1 is 0.618 bits per heavy atom. The van der Waals surface area contributed by atoms with Gasteiger partial charge in [-0.15, -0.1) is 0 Å². The first-order chi connectivity index (χ1) is 16.7. The van der Waals surface area contributed by atoms with Crippen LogP contribution in [0.15, 0.2) is 121 Å². The Morgan fingerprint density at radius 2 is 1.12 bits per heavy atom. The number of para-hydroxylation sites is 2. The third-order valence-corrected chi connectivity index (χ3v) is 6.69. The second kappa shape index (κ2) is 7.97. The lowest BCUT2D eigenvalue weighted by atomic mass is 9.69. The number of rotatable bonds is 4. The van der Waals surface area contributed by atoms with Crippen molar-refractivity contribution < 1.29 is 14.4 Å². The number of nitrogens with zero attached hydrogens (tertiary/aromatic N) is 2. The van der Waals surface area contributed by atoms with Crippen LogP contribution >= 0.6 is 0 Å². The third kappa shape index (κ3) is 2.84. The molecule has 3 atom stereocenters. The summed E-state index contributed by atoms with van der Waals surface area (Å²) in [6.07, 6.45) is -1.01. The summed E-state index contributed by atoms with van der Waals surface area (Å²) in [6, 6.07) is 37.5. The van der Waals surface area contributed by atoms with Gasteiger partial charge in [0.1, 0.15) is 11.5 Å². The Kier molecular flexibility index (Phi) is 4.78. The lowest BCUT2D eigenvalue weighted by Gasteiger charge is -2.35. The molecule has 5 heteroatoms. The summed E-state index contributed by atoms with van der Waals surface area (Å²) in [5.74, 6) is -0.647. The van der Waals surface area contributed by atoms with E-state index in [4.69, 9.17) is 4.84 Å². The van der Waals surface area contributed by atoms with Crippen molar-refractivity contribution in [1.29, 1.82) is 0 Å². The number of amides is 2. The Bertz CT molecular complexity index is 1330. The van der Waals surface area contributed by atoms with E-state index in [0.717, 1.165) is 16.8 Å². The minimum Gasteiger partial charge on any atom is -0.273 e. The number of carbonyl (C=O) groups is 2. The summed E-state index contributed by atoms with van der Waals surface area (Å²) < 4.78 is 0. The van der Waals surface area contributed by atoms with Crippen molar-refractivity contribution in [3.63, 3.8) is 0 Å². The number of anilines is 2. The molecule has 2 amide bonds. The summed E-state index contributed by atoms with van der Waals surface area (Å²) in [5.41, 5.74) is 1.72. The molecule has 5 nitrogen and oxygen atoms in total. The first-order valence-electron chi connectivity index (χ1n) is 11.3. The minimum absolute atomic E-state index is 0.285. The molecule has 0 bridgehead atoms. The third-order valence-electron chi connectivity index (χ3n) is 6.69. The SMILES string of the molecule is O=C1[C@@H]2ON(c3ccccc3)[C@H](c3ccccc3)[C@]2(c2ccccc2)C(=O)N1c1ccccc1. The molecule has 2 aliphatic rings. The number of hydrogen-bond acceptors (Lipinski definition) is 4. The zero-order chi connectivity index (χ0) is 23.1. The van der Waals surface area contributed by atoms with Crippen molar-refractivity contribution >= 4 is 23.2 Å². The molecule has 2 aliphatic heterocycles. The predicted molar refractivity (Wildman–Crippen MR) is 130 cm³/mol. The fraction of sp³-hybridized carbons (Fsp3) is 0.103. The largest absolute Gasteiger partial charge is 0.273 e. The standard InChI is InChI=1S/C29H22N2O3/c32-27-26-29(22-15-7-2-8-16-22,28(33)30(27)23-17-9-3-10-18-23)25(21-13-5-1-6-14-21)31(34-26)24-19-11-4-12-20-24/h1-20,25-26H/t25-,26+,29+/m1/s1. The molecule has 2 fully saturated rings. The maximum Gasteiger partial charge on any atom is 0.267 e. The van der Waals surface area contributed by atoms with Crippen molar-refractivity contribution in [2.75, 3.05) is 9.96 Å². The van der Waals surface area contributed by atoms with Gasteiger partial charge >= 0.3 is 0 Å². The molecule has 0 saturated carbocycles. The molecule has 166 valence electrons. The first-order valence-corrected chi connectivity index (χ1v) is 11.3. The maximum absolute atomic E-state index is 14.5. The molecule has 0 radical (unpaired) electrons. The summed E-state index contributed by atoms with van der Waals surface area (Å²) in [4.78, 5) is 36.1. The van der Waals surface area contributed by atoms with Gasteiger partial charge in [0.15, 0.2) is 6.10 Å². The molecular formula is C29H22N2O3. The van der Waals surface area contributed by atoms with Gasteiger partial charge in [0.25, 0.3) is 5.91 Å². The topological polar surface area (TPSA) is 49.9 Å². The zero-order valence-electron chi connectivity index (χ0n) is 18.3. The lowest BCUT2D eigenvalue weighted by molar-refractivity contribution is -0.126. The van der Waals surface area contributed by atoms with Gasteiger partial charge in [-0.3, -0.25) is 14.4 Å². The Labute approximate surface area is 197 Å². The Morgan fingerprint density at radius 3 is 1.71 bits per heavy atom. The number of imide groups is 1. The van der Waals surface area contributed by atoms with Crippen LogP contribution < -0.4 is 9.96 Å². The summed E-state index contributed by atoms with van der Waals surface area (Å²) in [7, 11) is 0. The highest BCUT2D eigenvalue weighted by molar-refractivity contribution is 6.28. The zero-order valence-corrected chi connectivity index (χ0v) is 18.3. The number of carbonyl (C=O) groups excluding carboxylic acids is 2. The van der Waals surface area contributed by atoms with Crippen LogP contribution in [0.25, 0.3) is 0 Å². The Hall–Kier alpha value is -4.22. The van der Waals surface area contributed by atoms with Gasteiger partial charge in [-0.2, -0.15) is 0 Å². The van der Waals surface area contributed by atoms with Crippen molar-refractivity contribution in [2.24, 2.45) is 0 Å². The van der Waals surface area contributed by atoms with Crippen LogP contribution in [0.5, 0.6) is 0 Å². The molecule has 0 spiro atoms. The molecule has 0 N–H and O–H groups in total. The first kappa shape index (κ1) is 20.4. The Balaban J connectivity index is 1.62. The van der Waals surface area contributed by atoms with Gasteiger partial charge in [-0.05, 0) is 35.4 Å². The minimum atomic E-state index is -1.26. The van der Waals surface area contributed by atoms with Crippen LogP contribution in [0.2, 0.25) is 0 Å². The fourth-order valence-corrected chi connectivity index (χ4v) is 5.24. The highest BCUT2D eigenvalue weighted by Crippen LogP contribution is 2.57. The average molecular weight is 447 g/mol. The monoisotopic (exact) mass is 446 g/mol. The smallest absolute Gasteiger partial charge is 0.267 e. The fourth-order valence-electron chi connectivity index (χ4n) is 5.24. The molecule has 2 heterocycles. The normalized spacial score (nSPS) is 23.9. The highest BCUT2D eigenvalue weighted by atomic mass is 16.7. The van der Waals surface area contributed by atoms with E-state index < -0.39 is 17.6 Å². The van der Waals surface area contributed by atoms with Crippen LogP contribution in [-0.4, -0.2) is 17.9 Å². The van der Waals surface area contributed by atoms with Gasteiger partial charge in [0.2, 0.25) is 5.91 Å². The number of benzene rings is 4. The van der Waals surface area contributed by atoms with Crippen LogP contribution in [0.3, 0.4) is 0 Å². The molecule has 0 aromatic heterocycles. The molecule has 2 saturated heterocycles.